The number of carbonyl (C=O) groups is 3. The second-order valence-corrected chi connectivity index (χ2v) is 7.48. The molecule has 0 aliphatic carbocycles. The molecule has 2 aromatic carbocycles. The Balaban J connectivity index is 1.70. The van der Waals surface area contributed by atoms with Crippen LogP contribution in [0.5, 0.6) is 0 Å². The molecular formula is C21H15Cl2N3O3. The van der Waals surface area contributed by atoms with Crippen LogP contribution in [-0.2, 0) is 9.59 Å². The van der Waals surface area contributed by atoms with Crippen molar-refractivity contribution in [2.75, 3.05) is 0 Å². The highest BCUT2D eigenvalue weighted by atomic mass is 35.5. The molecule has 8 heteroatoms. The van der Waals surface area contributed by atoms with E-state index in [9.17, 15) is 14.4 Å². The first-order valence-electron chi connectivity index (χ1n) is 8.74. The average Bonchev–Trinajstić information content (AvgIpc) is 3.23. The lowest BCUT2D eigenvalue weighted by molar-refractivity contribution is -0.128. The van der Waals surface area contributed by atoms with Crippen LogP contribution in [0.25, 0.3) is 17.0 Å². The Morgan fingerprint density at radius 1 is 1.07 bits per heavy atom. The Labute approximate surface area is 176 Å². The Morgan fingerprint density at radius 3 is 2.48 bits per heavy atom. The van der Waals surface area contributed by atoms with E-state index in [4.69, 9.17) is 23.2 Å². The fourth-order valence-electron chi connectivity index (χ4n) is 3.37. The number of rotatable bonds is 4. The fraction of sp³-hybridized carbons (Fsp3) is 0.0952. The molecule has 1 atom stereocenters. The largest absolute Gasteiger partial charge is 0.360 e. The molecule has 3 amide bonds. The summed E-state index contributed by atoms with van der Waals surface area (Å²) < 4.78 is 0. The summed E-state index contributed by atoms with van der Waals surface area (Å²) in [7, 11) is 0. The number of halogens is 2. The highest BCUT2D eigenvalue weighted by molar-refractivity contribution is 6.32. The van der Waals surface area contributed by atoms with Crippen molar-refractivity contribution >= 4 is 58.4 Å². The van der Waals surface area contributed by atoms with E-state index in [0.29, 0.717) is 21.9 Å². The van der Waals surface area contributed by atoms with E-state index < -0.39 is 18.0 Å². The molecule has 0 radical (unpaired) electrons. The maximum atomic E-state index is 12.9. The van der Waals surface area contributed by atoms with Gasteiger partial charge in [-0.1, -0.05) is 41.4 Å². The topological polar surface area (TPSA) is 82.3 Å². The third-order valence-corrected chi connectivity index (χ3v) is 5.57. The fourth-order valence-corrected chi connectivity index (χ4v) is 3.65. The lowest BCUT2D eigenvalue weighted by Gasteiger charge is -2.19. The second-order valence-electron chi connectivity index (χ2n) is 6.63. The van der Waals surface area contributed by atoms with Gasteiger partial charge in [-0.25, -0.2) is 9.69 Å². The number of aldehydes is 1. The number of aromatic amines is 1. The van der Waals surface area contributed by atoms with Crippen LogP contribution >= 0.6 is 23.2 Å². The SMILES string of the molecule is Cc1c(Cl)ccc2c(C=C3NC(=O)N(C(C=O)c4ccc(Cl)cc4)C3=O)c[nH]c12. The molecule has 0 spiro atoms. The van der Waals surface area contributed by atoms with Gasteiger partial charge in [-0.3, -0.25) is 4.79 Å². The zero-order valence-corrected chi connectivity index (χ0v) is 16.7. The molecule has 1 saturated heterocycles. The van der Waals surface area contributed by atoms with Crippen molar-refractivity contribution in [2.24, 2.45) is 0 Å². The molecule has 2 N–H and O–H groups in total. The number of carbonyl (C=O) groups excluding carboxylic acids is 3. The monoisotopic (exact) mass is 427 g/mol. The Kier molecular flexibility index (Phi) is 4.90. The van der Waals surface area contributed by atoms with E-state index >= 15 is 0 Å². The van der Waals surface area contributed by atoms with Gasteiger partial charge in [0.2, 0.25) is 0 Å². The molecule has 0 bridgehead atoms. The summed E-state index contributed by atoms with van der Waals surface area (Å²) in [4.78, 5) is 41.1. The van der Waals surface area contributed by atoms with E-state index in [1.807, 2.05) is 13.0 Å². The average molecular weight is 428 g/mol. The van der Waals surface area contributed by atoms with Crippen LogP contribution in [0.2, 0.25) is 10.0 Å². The molecule has 1 aromatic heterocycles. The van der Waals surface area contributed by atoms with Crippen LogP contribution in [0, 0.1) is 6.92 Å². The summed E-state index contributed by atoms with van der Waals surface area (Å²) >= 11 is 12.0. The first kappa shape index (κ1) is 19.2. The normalized spacial score (nSPS) is 16.5. The third kappa shape index (κ3) is 3.30. The van der Waals surface area contributed by atoms with Crippen LogP contribution in [0.1, 0.15) is 22.7 Å². The smallest absolute Gasteiger partial charge is 0.329 e. The lowest BCUT2D eigenvalue weighted by Crippen LogP contribution is -2.35. The third-order valence-electron chi connectivity index (χ3n) is 4.91. The Hall–Kier alpha value is -3.09. The lowest BCUT2D eigenvalue weighted by atomic mass is 10.1. The molecule has 0 saturated carbocycles. The van der Waals surface area contributed by atoms with Gasteiger partial charge in [0.05, 0.1) is 5.52 Å². The molecule has 3 aromatic rings. The predicted molar refractivity (Wildman–Crippen MR) is 112 cm³/mol. The second kappa shape index (κ2) is 7.39. The zero-order chi connectivity index (χ0) is 20.7. The molecule has 2 heterocycles. The number of hydrogen-bond acceptors (Lipinski definition) is 3. The molecular weight excluding hydrogens is 413 g/mol. The number of hydrogen-bond donors (Lipinski definition) is 2. The molecule has 4 rings (SSSR count). The van der Waals surface area contributed by atoms with Crippen molar-refractivity contribution in [3.8, 4) is 0 Å². The Bertz CT molecular complexity index is 1180. The van der Waals surface area contributed by atoms with E-state index in [-0.39, 0.29) is 5.70 Å². The Morgan fingerprint density at radius 2 is 1.79 bits per heavy atom. The van der Waals surface area contributed by atoms with Crippen molar-refractivity contribution in [2.45, 2.75) is 13.0 Å². The minimum atomic E-state index is -1.05. The first-order chi connectivity index (χ1) is 13.9. The van der Waals surface area contributed by atoms with E-state index in [1.165, 1.54) is 0 Å². The van der Waals surface area contributed by atoms with Crippen molar-refractivity contribution < 1.29 is 14.4 Å². The summed E-state index contributed by atoms with van der Waals surface area (Å²) in [6.45, 7) is 1.89. The number of nitrogens with zero attached hydrogens (tertiary/aromatic N) is 1. The summed E-state index contributed by atoms with van der Waals surface area (Å²) in [5.41, 5.74) is 3.04. The van der Waals surface area contributed by atoms with Gasteiger partial charge in [-0.2, -0.15) is 0 Å². The molecule has 1 fully saturated rings. The molecule has 146 valence electrons. The maximum Gasteiger partial charge on any atom is 0.329 e. The highest BCUT2D eigenvalue weighted by Gasteiger charge is 2.39. The highest BCUT2D eigenvalue weighted by Crippen LogP contribution is 2.30. The van der Waals surface area contributed by atoms with E-state index in [1.54, 1.807) is 42.6 Å². The van der Waals surface area contributed by atoms with Gasteiger partial charge in [-0.05, 0) is 42.3 Å². The van der Waals surface area contributed by atoms with Crippen LogP contribution in [-0.4, -0.2) is 28.1 Å². The molecule has 1 aliphatic rings. The van der Waals surface area contributed by atoms with Gasteiger partial charge in [0, 0.05) is 27.2 Å². The quantitative estimate of drug-likeness (QED) is 0.362. The number of urea groups is 1. The van der Waals surface area contributed by atoms with Crippen molar-refractivity contribution in [3.63, 3.8) is 0 Å². The van der Waals surface area contributed by atoms with Crippen LogP contribution in [0.15, 0.2) is 48.3 Å². The van der Waals surface area contributed by atoms with Crippen molar-refractivity contribution in [3.05, 3.63) is 75.0 Å². The van der Waals surface area contributed by atoms with Crippen LogP contribution < -0.4 is 5.32 Å². The number of imide groups is 1. The minimum absolute atomic E-state index is 0.0873. The van der Waals surface area contributed by atoms with Crippen LogP contribution in [0.4, 0.5) is 4.79 Å². The number of nitrogens with one attached hydrogen (secondary N) is 2. The minimum Gasteiger partial charge on any atom is -0.360 e. The number of fused-ring (bicyclic) bond motifs is 1. The predicted octanol–water partition coefficient (Wildman–Crippen LogP) is 4.62. The number of H-pyrrole nitrogens is 1. The van der Waals surface area contributed by atoms with Crippen molar-refractivity contribution in [1.82, 2.24) is 15.2 Å². The van der Waals surface area contributed by atoms with Gasteiger partial charge in [0.25, 0.3) is 5.91 Å². The summed E-state index contributed by atoms with van der Waals surface area (Å²) in [6, 6.07) is 8.32. The van der Waals surface area contributed by atoms with Gasteiger partial charge in [-0.15, -0.1) is 0 Å². The van der Waals surface area contributed by atoms with Gasteiger partial charge in [0.1, 0.15) is 18.0 Å². The van der Waals surface area contributed by atoms with Gasteiger partial charge < -0.3 is 15.1 Å². The van der Waals surface area contributed by atoms with Gasteiger partial charge >= 0.3 is 6.03 Å². The van der Waals surface area contributed by atoms with E-state index in [0.717, 1.165) is 26.9 Å². The number of aromatic nitrogens is 1. The molecule has 1 aliphatic heterocycles. The number of aryl methyl sites for hydroxylation is 1. The molecule has 6 nitrogen and oxygen atoms in total. The molecule has 29 heavy (non-hydrogen) atoms. The maximum absolute atomic E-state index is 12.9. The summed E-state index contributed by atoms with van der Waals surface area (Å²) in [6.07, 6.45) is 3.87. The van der Waals surface area contributed by atoms with Crippen LogP contribution in [0.3, 0.4) is 0 Å². The molecule has 1 unspecified atom stereocenters. The van der Waals surface area contributed by atoms with Gasteiger partial charge in [0.15, 0.2) is 0 Å². The number of amides is 3. The zero-order valence-electron chi connectivity index (χ0n) is 15.2. The van der Waals surface area contributed by atoms with E-state index in [2.05, 4.69) is 10.3 Å². The number of benzene rings is 2. The van der Waals surface area contributed by atoms with Crippen molar-refractivity contribution in [1.29, 1.82) is 0 Å². The summed E-state index contributed by atoms with van der Waals surface area (Å²) in [5.74, 6) is -0.581. The summed E-state index contributed by atoms with van der Waals surface area (Å²) in [5, 5.41) is 4.54. The first-order valence-corrected chi connectivity index (χ1v) is 9.49. The standard InChI is InChI=1S/C21H15Cl2N3O3/c1-11-16(23)7-6-15-13(9-24-19(11)15)8-17-20(28)26(21(29)25-17)18(10-27)12-2-4-14(22)5-3-12/h2-10,18,24H,1H3,(H,25,29).